The minimum absolute atomic E-state index is 0.0985. The summed E-state index contributed by atoms with van der Waals surface area (Å²) < 4.78 is 40.2. The van der Waals surface area contributed by atoms with Crippen LogP contribution in [0.1, 0.15) is 36.1 Å². The van der Waals surface area contributed by atoms with Crippen LogP contribution >= 0.6 is 11.6 Å². The Hall–Kier alpha value is -4.34. The first-order valence-electron chi connectivity index (χ1n) is 13.8. The lowest BCUT2D eigenvalue weighted by atomic mass is 10.1. The largest absolute Gasteiger partial charge is 0.490 e. The Balaban J connectivity index is 1.49. The molecule has 224 valence electrons. The predicted molar refractivity (Wildman–Crippen MR) is 171 cm³/mol. The van der Waals surface area contributed by atoms with Crippen molar-refractivity contribution in [3.8, 4) is 11.5 Å². The first kappa shape index (κ1) is 31.6. The molecule has 0 atom stereocenters. The summed E-state index contributed by atoms with van der Waals surface area (Å²) >= 11 is 6.07. The number of benzene rings is 4. The number of anilines is 1. The first-order chi connectivity index (χ1) is 20.7. The topological polar surface area (TPSA) is 97.3 Å². The van der Waals surface area contributed by atoms with E-state index in [1.54, 1.807) is 60.7 Å². The van der Waals surface area contributed by atoms with Gasteiger partial charge in [0.25, 0.3) is 15.9 Å². The van der Waals surface area contributed by atoms with Crippen molar-refractivity contribution >= 4 is 39.4 Å². The number of amides is 1. The van der Waals surface area contributed by atoms with Gasteiger partial charge in [-0.3, -0.25) is 9.10 Å². The molecule has 0 bridgehead atoms. The van der Waals surface area contributed by atoms with Crippen LogP contribution in [0.3, 0.4) is 0 Å². The molecule has 4 rings (SSSR count). The number of aryl methyl sites for hydroxylation is 2. The lowest BCUT2D eigenvalue weighted by Crippen LogP contribution is -2.40. The Labute approximate surface area is 258 Å². The fourth-order valence-corrected chi connectivity index (χ4v) is 5.99. The molecule has 8 nitrogen and oxygen atoms in total. The average Bonchev–Trinajstić information content (AvgIpc) is 3.00. The Morgan fingerprint density at radius 1 is 0.930 bits per heavy atom. The van der Waals surface area contributed by atoms with Crippen molar-refractivity contribution in [2.45, 2.75) is 38.7 Å². The summed E-state index contributed by atoms with van der Waals surface area (Å²) in [5, 5.41) is 4.70. The zero-order valence-corrected chi connectivity index (χ0v) is 25.9. The van der Waals surface area contributed by atoms with Crippen molar-refractivity contribution in [3.63, 3.8) is 0 Å². The smallest absolute Gasteiger partial charge is 0.264 e. The van der Waals surface area contributed by atoms with Crippen molar-refractivity contribution in [1.29, 1.82) is 0 Å². The third-order valence-electron chi connectivity index (χ3n) is 6.49. The highest BCUT2D eigenvalue weighted by Gasteiger charge is 2.28. The number of rotatable bonds is 13. The fraction of sp³-hybridized carbons (Fsp3) is 0.212. The number of carbonyl (C=O) groups is 1. The lowest BCUT2D eigenvalue weighted by Gasteiger charge is -2.25. The van der Waals surface area contributed by atoms with E-state index in [0.717, 1.165) is 21.0 Å². The molecule has 1 N–H and O–H groups in total. The van der Waals surface area contributed by atoms with Gasteiger partial charge in [0.15, 0.2) is 11.5 Å². The molecule has 0 fully saturated rings. The molecular formula is C33H34ClN3O5S. The molecule has 0 saturated heterocycles. The van der Waals surface area contributed by atoms with Crippen molar-refractivity contribution in [2.75, 3.05) is 17.5 Å². The number of nitrogens with one attached hydrogen (secondary N) is 1. The molecule has 10 heteroatoms. The summed E-state index contributed by atoms with van der Waals surface area (Å²) in [5.74, 6) is 0.477. The minimum atomic E-state index is -4.04. The van der Waals surface area contributed by atoms with Gasteiger partial charge in [-0.25, -0.2) is 13.8 Å². The molecule has 0 radical (unpaired) electrons. The molecule has 0 spiro atoms. The standard InChI is InChI=1S/C33H34ClN3O5S/c1-4-27-10-6-7-12-30(27)37(43(39,40)29-16-13-24(3)14-17-29)22-33(38)36-35-21-25-15-18-31(32(20-25)41-5-2)42-23-26-9-8-11-28(34)19-26/h6-21H,4-5,22-23H2,1-3H3,(H,36,38)/b35-21-. The molecule has 4 aromatic rings. The van der Waals surface area contributed by atoms with Crippen LogP contribution in [0.25, 0.3) is 0 Å². The molecule has 43 heavy (non-hydrogen) atoms. The SMILES string of the molecule is CCOc1cc(/C=N\NC(=O)CN(c2ccccc2CC)S(=O)(=O)c2ccc(C)cc2)ccc1OCc1cccc(Cl)c1. The van der Waals surface area contributed by atoms with Crippen LogP contribution in [-0.4, -0.2) is 33.7 Å². The Kier molecular flexibility index (Phi) is 10.8. The van der Waals surface area contributed by atoms with Gasteiger partial charge < -0.3 is 9.47 Å². The van der Waals surface area contributed by atoms with Crippen LogP contribution in [0.2, 0.25) is 5.02 Å². The van der Waals surface area contributed by atoms with Crippen LogP contribution in [0.4, 0.5) is 5.69 Å². The molecule has 4 aromatic carbocycles. The van der Waals surface area contributed by atoms with E-state index < -0.39 is 22.5 Å². The van der Waals surface area contributed by atoms with E-state index in [2.05, 4.69) is 10.5 Å². The van der Waals surface area contributed by atoms with Crippen molar-refractivity contribution in [3.05, 3.63) is 118 Å². The number of hydrogen-bond acceptors (Lipinski definition) is 6. The van der Waals surface area contributed by atoms with E-state index in [1.165, 1.54) is 6.21 Å². The molecule has 0 saturated carbocycles. The summed E-state index contributed by atoms with van der Waals surface area (Å²) in [7, 11) is -4.04. The number of carbonyl (C=O) groups excluding carboxylic acids is 1. The highest BCUT2D eigenvalue weighted by molar-refractivity contribution is 7.92. The molecule has 0 unspecified atom stereocenters. The predicted octanol–water partition coefficient (Wildman–Crippen LogP) is 6.53. The molecule has 0 aromatic heterocycles. The van der Waals surface area contributed by atoms with Gasteiger partial charge in [0.05, 0.1) is 23.4 Å². The van der Waals surface area contributed by atoms with Crippen molar-refractivity contribution in [2.24, 2.45) is 5.10 Å². The van der Waals surface area contributed by atoms with E-state index in [1.807, 2.05) is 51.1 Å². The van der Waals surface area contributed by atoms with E-state index in [-0.39, 0.29) is 4.90 Å². The Morgan fingerprint density at radius 2 is 1.70 bits per heavy atom. The number of nitrogens with zero attached hydrogens (tertiary/aromatic N) is 2. The fourth-order valence-electron chi connectivity index (χ4n) is 4.32. The maximum atomic E-state index is 13.7. The van der Waals surface area contributed by atoms with Gasteiger partial charge in [-0.1, -0.05) is 66.6 Å². The third kappa shape index (κ3) is 8.37. The second-order valence-electron chi connectivity index (χ2n) is 9.66. The molecule has 1 amide bonds. The van der Waals surface area contributed by atoms with Crippen molar-refractivity contribution < 1.29 is 22.7 Å². The van der Waals surface area contributed by atoms with Crippen molar-refractivity contribution in [1.82, 2.24) is 5.43 Å². The summed E-state index contributed by atoms with van der Waals surface area (Å²) in [6.07, 6.45) is 2.05. The van der Waals surface area contributed by atoms with Gasteiger partial charge in [-0.15, -0.1) is 0 Å². The summed E-state index contributed by atoms with van der Waals surface area (Å²) in [6, 6.07) is 26.4. The van der Waals surface area contributed by atoms with Gasteiger partial charge in [-0.2, -0.15) is 5.10 Å². The number of para-hydroxylation sites is 1. The number of sulfonamides is 1. The highest BCUT2D eigenvalue weighted by Crippen LogP contribution is 2.30. The number of hydrogen-bond donors (Lipinski definition) is 1. The summed E-state index contributed by atoms with van der Waals surface area (Å²) in [4.78, 5) is 13.1. The van der Waals surface area contributed by atoms with Crippen LogP contribution in [0.15, 0.2) is 101 Å². The number of hydrazone groups is 1. The molecule has 0 aliphatic carbocycles. The number of halogens is 1. The first-order valence-corrected chi connectivity index (χ1v) is 15.7. The van der Waals surface area contributed by atoms with Gasteiger partial charge in [0.2, 0.25) is 0 Å². The molecule has 0 aliphatic heterocycles. The zero-order chi connectivity index (χ0) is 30.8. The monoisotopic (exact) mass is 619 g/mol. The van der Waals surface area contributed by atoms with E-state index in [4.69, 9.17) is 21.1 Å². The van der Waals surface area contributed by atoms with Gasteiger partial charge in [-0.05, 0) is 85.5 Å². The Bertz CT molecular complexity index is 1690. The summed E-state index contributed by atoms with van der Waals surface area (Å²) in [5.41, 5.74) is 6.21. The Morgan fingerprint density at radius 3 is 2.42 bits per heavy atom. The lowest BCUT2D eigenvalue weighted by molar-refractivity contribution is -0.119. The summed E-state index contributed by atoms with van der Waals surface area (Å²) in [6.45, 7) is 5.97. The molecule has 0 heterocycles. The third-order valence-corrected chi connectivity index (χ3v) is 8.50. The average molecular weight is 620 g/mol. The number of ether oxygens (including phenoxy) is 2. The van der Waals surface area contributed by atoms with Gasteiger partial charge >= 0.3 is 0 Å². The molecular weight excluding hydrogens is 586 g/mol. The van der Waals surface area contributed by atoms with Crippen LogP contribution in [0.5, 0.6) is 11.5 Å². The normalized spacial score (nSPS) is 11.3. The second-order valence-corrected chi connectivity index (χ2v) is 12.0. The quantitative estimate of drug-likeness (QED) is 0.135. The van der Waals surface area contributed by atoms with E-state index in [9.17, 15) is 13.2 Å². The van der Waals surface area contributed by atoms with Crippen LogP contribution in [-0.2, 0) is 27.8 Å². The second kappa shape index (κ2) is 14.7. The van der Waals surface area contributed by atoms with Crippen LogP contribution in [0, 0.1) is 6.92 Å². The zero-order valence-electron chi connectivity index (χ0n) is 24.3. The highest BCUT2D eigenvalue weighted by atomic mass is 35.5. The van der Waals surface area contributed by atoms with E-state index in [0.29, 0.717) is 47.4 Å². The van der Waals surface area contributed by atoms with Gasteiger partial charge in [0.1, 0.15) is 13.2 Å². The van der Waals surface area contributed by atoms with E-state index >= 15 is 0 Å². The minimum Gasteiger partial charge on any atom is -0.490 e. The molecule has 0 aliphatic rings. The van der Waals surface area contributed by atoms with Gasteiger partial charge in [0, 0.05) is 5.02 Å². The maximum absolute atomic E-state index is 13.7. The maximum Gasteiger partial charge on any atom is 0.264 e. The van der Waals surface area contributed by atoms with Crippen LogP contribution < -0.4 is 19.2 Å².